The molecule has 1 rings (SSSR count). The fourth-order valence-electron chi connectivity index (χ4n) is 1.26. The first-order valence-electron chi connectivity index (χ1n) is 4.76. The molecular weight excluding hydrogens is 248 g/mol. The minimum atomic E-state index is -1.01. The molecule has 0 spiro atoms. The largest absolute Gasteiger partial charge is 0.480 e. The number of hydrogen-bond acceptors (Lipinski definition) is 4. The quantitative estimate of drug-likeness (QED) is 0.639. The number of halogens is 1. The predicted octanol–water partition coefficient (Wildman–Crippen LogP) is 2.44. The van der Waals surface area contributed by atoms with Crippen LogP contribution in [0.2, 0.25) is 5.02 Å². The summed E-state index contributed by atoms with van der Waals surface area (Å²) in [7, 11) is 0. The third-order valence-electron chi connectivity index (χ3n) is 2.23. The highest BCUT2D eigenvalue weighted by atomic mass is 35.5. The van der Waals surface area contributed by atoms with E-state index in [0.29, 0.717) is 11.3 Å². The number of carboxylic acids is 1. The number of carboxylic acid groups (broad SMARTS) is 1. The molecule has 7 heteroatoms. The van der Waals surface area contributed by atoms with Gasteiger partial charge in [0.1, 0.15) is 11.1 Å². The van der Waals surface area contributed by atoms with Crippen molar-refractivity contribution in [1.29, 1.82) is 0 Å². The lowest BCUT2D eigenvalue weighted by molar-refractivity contribution is -0.384. The minimum Gasteiger partial charge on any atom is -0.480 e. The highest BCUT2D eigenvalue weighted by Gasteiger charge is 2.17. The molecule has 1 atom stereocenters. The molecule has 0 aliphatic rings. The van der Waals surface area contributed by atoms with Gasteiger partial charge in [-0.3, -0.25) is 14.9 Å². The van der Waals surface area contributed by atoms with E-state index in [4.69, 9.17) is 16.7 Å². The molecule has 0 heterocycles. The van der Waals surface area contributed by atoms with Crippen LogP contribution < -0.4 is 5.32 Å². The molecule has 0 amide bonds. The Morgan fingerprint density at radius 2 is 2.18 bits per heavy atom. The molecule has 2 N–H and O–H groups in total. The summed E-state index contributed by atoms with van der Waals surface area (Å²) in [5.74, 6) is -1.01. The fraction of sp³-hybridized carbons (Fsp3) is 0.300. The Hall–Kier alpha value is -1.82. The van der Waals surface area contributed by atoms with Gasteiger partial charge in [-0.15, -0.1) is 0 Å². The van der Waals surface area contributed by atoms with Crippen LogP contribution in [0.25, 0.3) is 0 Å². The SMILES string of the molecule is Cc1cc([N+](=O)[O-])c(Cl)cc1NC(C)C(=O)O. The van der Waals surface area contributed by atoms with E-state index in [0.717, 1.165) is 0 Å². The van der Waals surface area contributed by atoms with Crippen molar-refractivity contribution >= 4 is 28.9 Å². The average Bonchev–Trinajstić information content (AvgIpc) is 2.22. The van der Waals surface area contributed by atoms with E-state index in [1.54, 1.807) is 6.92 Å². The Morgan fingerprint density at radius 3 is 2.65 bits per heavy atom. The second kappa shape index (κ2) is 5.01. The Balaban J connectivity index is 3.08. The van der Waals surface area contributed by atoms with Gasteiger partial charge in [0.25, 0.3) is 5.69 Å². The van der Waals surface area contributed by atoms with Crippen molar-refractivity contribution in [2.24, 2.45) is 0 Å². The number of nitro benzene ring substituents is 1. The van der Waals surface area contributed by atoms with Crippen LogP contribution in [0.5, 0.6) is 0 Å². The van der Waals surface area contributed by atoms with Crippen LogP contribution in [0.4, 0.5) is 11.4 Å². The molecule has 1 unspecified atom stereocenters. The van der Waals surface area contributed by atoms with Gasteiger partial charge in [-0.25, -0.2) is 0 Å². The van der Waals surface area contributed by atoms with Crippen LogP contribution in [0.1, 0.15) is 12.5 Å². The molecule has 0 fully saturated rings. The Kier molecular flexibility index (Phi) is 3.90. The number of benzene rings is 1. The monoisotopic (exact) mass is 258 g/mol. The van der Waals surface area contributed by atoms with Crippen molar-refractivity contribution in [2.45, 2.75) is 19.9 Å². The van der Waals surface area contributed by atoms with Crippen molar-refractivity contribution < 1.29 is 14.8 Å². The maximum atomic E-state index is 10.7. The van der Waals surface area contributed by atoms with Crippen LogP contribution in [0.15, 0.2) is 12.1 Å². The molecule has 1 aromatic carbocycles. The molecule has 92 valence electrons. The van der Waals surface area contributed by atoms with E-state index in [9.17, 15) is 14.9 Å². The van der Waals surface area contributed by atoms with Gasteiger partial charge in [-0.1, -0.05) is 11.6 Å². The van der Waals surface area contributed by atoms with Crippen molar-refractivity contribution in [3.05, 3.63) is 32.8 Å². The maximum absolute atomic E-state index is 10.7. The number of aliphatic carboxylic acids is 1. The van der Waals surface area contributed by atoms with E-state index in [1.807, 2.05) is 0 Å². The zero-order valence-corrected chi connectivity index (χ0v) is 9.99. The minimum absolute atomic E-state index is 0.0271. The van der Waals surface area contributed by atoms with Crippen molar-refractivity contribution in [3.8, 4) is 0 Å². The molecular formula is C10H11ClN2O4. The highest BCUT2D eigenvalue weighted by Crippen LogP contribution is 2.30. The third-order valence-corrected chi connectivity index (χ3v) is 2.54. The highest BCUT2D eigenvalue weighted by molar-refractivity contribution is 6.33. The summed E-state index contributed by atoms with van der Waals surface area (Å²) in [4.78, 5) is 20.7. The Labute approximate surface area is 102 Å². The van der Waals surface area contributed by atoms with Gasteiger partial charge in [0.2, 0.25) is 0 Å². The van der Waals surface area contributed by atoms with Crippen LogP contribution in [0.3, 0.4) is 0 Å². The normalized spacial score (nSPS) is 11.9. The maximum Gasteiger partial charge on any atom is 0.325 e. The van der Waals surface area contributed by atoms with E-state index < -0.39 is 16.9 Å². The number of nitro groups is 1. The number of rotatable bonds is 4. The van der Waals surface area contributed by atoms with Crippen LogP contribution in [-0.4, -0.2) is 22.0 Å². The van der Waals surface area contributed by atoms with Gasteiger partial charge < -0.3 is 10.4 Å². The second-order valence-corrected chi connectivity index (χ2v) is 3.99. The molecule has 0 radical (unpaired) electrons. The van der Waals surface area contributed by atoms with E-state index in [2.05, 4.69) is 5.32 Å². The summed E-state index contributed by atoms with van der Waals surface area (Å²) in [5, 5.41) is 22.0. The standard InChI is InChI=1S/C10H11ClN2O4/c1-5-3-9(13(16)17)7(11)4-8(5)12-6(2)10(14)15/h3-4,6,12H,1-2H3,(H,14,15). The topological polar surface area (TPSA) is 92.5 Å². The molecule has 0 saturated heterocycles. The first-order chi connectivity index (χ1) is 7.82. The fourth-order valence-corrected chi connectivity index (χ4v) is 1.49. The first-order valence-corrected chi connectivity index (χ1v) is 5.14. The van der Waals surface area contributed by atoms with Crippen LogP contribution >= 0.6 is 11.6 Å². The van der Waals surface area contributed by atoms with Gasteiger partial charge in [-0.2, -0.15) is 0 Å². The molecule has 0 aliphatic carbocycles. The Bertz CT molecular complexity index is 476. The van der Waals surface area contributed by atoms with Gasteiger partial charge in [0.05, 0.1) is 4.92 Å². The molecule has 0 saturated carbocycles. The second-order valence-electron chi connectivity index (χ2n) is 3.58. The third kappa shape index (κ3) is 3.07. The number of nitrogens with one attached hydrogen (secondary N) is 1. The van der Waals surface area contributed by atoms with Crippen molar-refractivity contribution in [1.82, 2.24) is 0 Å². The van der Waals surface area contributed by atoms with Crippen LogP contribution in [0, 0.1) is 17.0 Å². The summed E-state index contributed by atoms with van der Waals surface area (Å²) < 4.78 is 0. The van der Waals surface area contributed by atoms with Crippen LogP contribution in [-0.2, 0) is 4.79 Å². The summed E-state index contributed by atoms with van der Waals surface area (Å²) in [6.07, 6.45) is 0. The Morgan fingerprint density at radius 1 is 1.59 bits per heavy atom. The van der Waals surface area contributed by atoms with Gasteiger partial charge in [-0.05, 0) is 25.5 Å². The number of anilines is 1. The molecule has 1 aromatic rings. The van der Waals surface area contributed by atoms with Gasteiger partial charge >= 0.3 is 5.97 Å². The zero-order chi connectivity index (χ0) is 13.2. The molecule has 0 bridgehead atoms. The van der Waals surface area contributed by atoms with E-state index in [-0.39, 0.29) is 10.7 Å². The molecule has 0 aliphatic heterocycles. The average molecular weight is 259 g/mol. The molecule has 0 aromatic heterocycles. The smallest absolute Gasteiger partial charge is 0.325 e. The number of aryl methyl sites for hydroxylation is 1. The lowest BCUT2D eigenvalue weighted by atomic mass is 10.1. The van der Waals surface area contributed by atoms with Crippen molar-refractivity contribution in [3.63, 3.8) is 0 Å². The summed E-state index contributed by atoms with van der Waals surface area (Å²) in [5.41, 5.74) is 0.836. The summed E-state index contributed by atoms with van der Waals surface area (Å²) >= 11 is 5.73. The van der Waals surface area contributed by atoms with Gasteiger partial charge in [0.15, 0.2) is 0 Å². The van der Waals surface area contributed by atoms with Gasteiger partial charge in [0, 0.05) is 11.8 Å². The summed E-state index contributed by atoms with van der Waals surface area (Å²) in [6.45, 7) is 3.11. The predicted molar refractivity (Wildman–Crippen MR) is 63.6 cm³/mol. The molecule has 17 heavy (non-hydrogen) atoms. The summed E-state index contributed by atoms with van der Waals surface area (Å²) in [6, 6.07) is 1.86. The van der Waals surface area contributed by atoms with E-state index in [1.165, 1.54) is 19.1 Å². The van der Waals surface area contributed by atoms with Crippen molar-refractivity contribution in [2.75, 3.05) is 5.32 Å². The number of nitrogens with zero attached hydrogens (tertiary/aromatic N) is 1. The first kappa shape index (κ1) is 13.2. The number of hydrogen-bond donors (Lipinski definition) is 2. The lowest BCUT2D eigenvalue weighted by Crippen LogP contribution is -2.25. The lowest BCUT2D eigenvalue weighted by Gasteiger charge is -2.13. The zero-order valence-electron chi connectivity index (χ0n) is 9.23. The number of carbonyl (C=O) groups is 1. The molecule has 6 nitrogen and oxygen atoms in total. The van der Waals surface area contributed by atoms with E-state index >= 15 is 0 Å².